The Balaban J connectivity index is 2.12. The average Bonchev–Trinajstić information content (AvgIpc) is 2.49. The summed E-state index contributed by atoms with van der Waals surface area (Å²) in [5.74, 6) is 1.83. The Bertz CT molecular complexity index is 537. The van der Waals surface area contributed by atoms with E-state index in [1.165, 1.54) is 11.1 Å². The summed E-state index contributed by atoms with van der Waals surface area (Å²) in [4.78, 5) is 0.235. The van der Waals surface area contributed by atoms with Crippen LogP contribution in [-0.2, 0) is 6.42 Å². The molecule has 0 spiro atoms. The van der Waals surface area contributed by atoms with Crippen LogP contribution in [0.1, 0.15) is 22.9 Å². The first-order chi connectivity index (χ1) is 9.74. The molecule has 2 aromatic carbocycles. The Kier molecular flexibility index (Phi) is 5.48. The van der Waals surface area contributed by atoms with Crippen molar-refractivity contribution in [3.8, 4) is 11.5 Å². The molecule has 1 unspecified atom stereocenters. The monoisotopic (exact) mass is 334 g/mol. The zero-order valence-corrected chi connectivity index (χ0v) is 13.4. The minimum atomic E-state index is 0.235. The molecule has 2 nitrogen and oxygen atoms in total. The molecule has 20 heavy (non-hydrogen) atoms. The Hall–Kier alpha value is -1.48. The van der Waals surface area contributed by atoms with Crippen molar-refractivity contribution < 1.29 is 9.47 Å². The lowest BCUT2D eigenvalue weighted by molar-refractivity contribution is 0.336. The van der Waals surface area contributed by atoms with Gasteiger partial charge in [0.1, 0.15) is 11.5 Å². The van der Waals surface area contributed by atoms with E-state index in [2.05, 4.69) is 34.1 Å². The number of alkyl halides is 1. The minimum Gasteiger partial charge on any atom is -0.497 e. The highest BCUT2D eigenvalue weighted by Gasteiger charge is 2.13. The molecule has 3 heteroatoms. The maximum atomic E-state index is 5.68. The largest absolute Gasteiger partial charge is 0.497 e. The van der Waals surface area contributed by atoms with Gasteiger partial charge in [-0.1, -0.05) is 46.3 Å². The van der Waals surface area contributed by atoms with Gasteiger partial charge in [0, 0.05) is 10.4 Å². The van der Waals surface area contributed by atoms with E-state index < -0.39 is 0 Å². The first kappa shape index (κ1) is 14.9. The molecule has 2 aromatic rings. The van der Waals surface area contributed by atoms with Crippen molar-refractivity contribution in [1.82, 2.24) is 0 Å². The first-order valence-electron chi connectivity index (χ1n) is 6.73. The molecule has 0 aliphatic carbocycles. The molecule has 106 valence electrons. The molecule has 0 radical (unpaired) electrons. The number of hydrogen-bond donors (Lipinski definition) is 0. The highest BCUT2D eigenvalue weighted by molar-refractivity contribution is 9.09. The van der Waals surface area contributed by atoms with Gasteiger partial charge in [0.25, 0.3) is 0 Å². The van der Waals surface area contributed by atoms with Crippen LogP contribution in [-0.4, -0.2) is 13.7 Å². The van der Waals surface area contributed by atoms with Gasteiger partial charge in [-0.25, -0.2) is 0 Å². The molecule has 2 rings (SSSR count). The van der Waals surface area contributed by atoms with Gasteiger partial charge in [0.15, 0.2) is 0 Å². The zero-order chi connectivity index (χ0) is 14.4. The normalized spacial score (nSPS) is 11.9. The molecule has 0 bridgehead atoms. The van der Waals surface area contributed by atoms with E-state index in [1.54, 1.807) is 7.11 Å². The third kappa shape index (κ3) is 3.76. The van der Waals surface area contributed by atoms with Crippen LogP contribution >= 0.6 is 15.9 Å². The molecule has 0 saturated carbocycles. The number of hydrogen-bond acceptors (Lipinski definition) is 2. The number of rotatable bonds is 6. The smallest absolute Gasteiger partial charge is 0.123 e. The molecule has 0 aromatic heterocycles. The summed E-state index contributed by atoms with van der Waals surface area (Å²) < 4.78 is 10.9. The third-order valence-corrected chi connectivity index (χ3v) is 3.95. The van der Waals surface area contributed by atoms with E-state index in [0.29, 0.717) is 6.61 Å². The van der Waals surface area contributed by atoms with Gasteiger partial charge in [-0.15, -0.1) is 0 Å². The third-order valence-electron chi connectivity index (χ3n) is 3.13. The van der Waals surface area contributed by atoms with Crippen LogP contribution in [0.3, 0.4) is 0 Å². The van der Waals surface area contributed by atoms with Crippen LogP contribution in [0.2, 0.25) is 0 Å². The van der Waals surface area contributed by atoms with E-state index in [9.17, 15) is 0 Å². The maximum absolute atomic E-state index is 5.68. The summed E-state index contributed by atoms with van der Waals surface area (Å²) in [5.41, 5.74) is 2.45. The van der Waals surface area contributed by atoms with Gasteiger partial charge in [-0.2, -0.15) is 0 Å². The summed E-state index contributed by atoms with van der Waals surface area (Å²) in [7, 11) is 1.68. The van der Waals surface area contributed by atoms with Gasteiger partial charge in [-0.05, 0) is 37.1 Å². The van der Waals surface area contributed by atoms with Crippen molar-refractivity contribution in [2.45, 2.75) is 18.2 Å². The second kappa shape index (κ2) is 7.34. The summed E-state index contributed by atoms with van der Waals surface area (Å²) in [6, 6.07) is 16.3. The van der Waals surface area contributed by atoms with Crippen LogP contribution < -0.4 is 9.47 Å². The average molecular weight is 335 g/mol. The van der Waals surface area contributed by atoms with Gasteiger partial charge in [0.2, 0.25) is 0 Å². The highest BCUT2D eigenvalue weighted by Crippen LogP contribution is 2.34. The Labute approximate surface area is 128 Å². The summed E-state index contributed by atoms with van der Waals surface area (Å²) in [6.07, 6.45) is 0.911. The van der Waals surface area contributed by atoms with E-state index in [-0.39, 0.29) is 4.83 Å². The Morgan fingerprint density at radius 2 is 1.75 bits per heavy atom. The molecule has 0 saturated heterocycles. The van der Waals surface area contributed by atoms with Crippen molar-refractivity contribution in [3.63, 3.8) is 0 Å². The molecule has 0 aliphatic rings. The minimum absolute atomic E-state index is 0.235. The number of para-hydroxylation sites is 1. The molecule has 0 aliphatic heterocycles. The molecule has 0 heterocycles. The fourth-order valence-electron chi connectivity index (χ4n) is 2.10. The number of methoxy groups -OCH3 is 1. The van der Waals surface area contributed by atoms with Crippen LogP contribution in [0, 0.1) is 0 Å². The molecule has 0 N–H and O–H groups in total. The zero-order valence-electron chi connectivity index (χ0n) is 11.8. The second-order valence-electron chi connectivity index (χ2n) is 4.49. The summed E-state index contributed by atoms with van der Waals surface area (Å²) in [5, 5.41) is 0. The number of halogens is 1. The molecule has 0 fully saturated rings. The number of benzene rings is 2. The predicted molar refractivity (Wildman–Crippen MR) is 86.0 cm³/mol. The van der Waals surface area contributed by atoms with E-state index in [1.807, 2.05) is 37.3 Å². The van der Waals surface area contributed by atoms with Crippen molar-refractivity contribution >= 4 is 15.9 Å². The van der Waals surface area contributed by atoms with Crippen LogP contribution in [0.4, 0.5) is 0 Å². The lowest BCUT2D eigenvalue weighted by Crippen LogP contribution is -2.01. The first-order valence-corrected chi connectivity index (χ1v) is 7.65. The lowest BCUT2D eigenvalue weighted by Gasteiger charge is -2.15. The Morgan fingerprint density at radius 1 is 1.05 bits per heavy atom. The predicted octanol–water partition coefficient (Wildman–Crippen LogP) is 4.77. The number of ether oxygens (including phenoxy) is 2. The molecular weight excluding hydrogens is 316 g/mol. The standard InChI is InChI=1S/C17H19BrO2/c1-3-20-17-7-5-4-6-15(17)16(18)12-13-8-10-14(19-2)11-9-13/h4-11,16H,3,12H2,1-2H3. The van der Waals surface area contributed by atoms with E-state index in [0.717, 1.165) is 17.9 Å². The summed E-state index contributed by atoms with van der Waals surface area (Å²) >= 11 is 3.77. The van der Waals surface area contributed by atoms with Crippen LogP contribution in [0.15, 0.2) is 48.5 Å². The quantitative estimate of drug-likeness (QED) is 0.708. The highest BCUT2D eigenvalue weighted by atomic mass is 79.9. The van der Waals surface area contributed by atoms with E-state index >= 15 is 0 Å². The van der Waals surface area contributed by atoms with Gasteiger partial charge in [-0.3, -0.25) is 0 Å². The van der Waals surface area contributed by atoms with Gasteiger partial charge < -0.3 is 9.47 Å². The fourth-order valence-corrected chi connectivity index (χ4v) is 2.86. The fraction of sp³-hybridized carbons (Fsp3) is 0.294. The van der Waals surface area contributed by atoms with Crippen molar-refractivity contribution in [2.75, 3.05) is 13.7 Å². The molecular formula is C17H19BrO2. The van der Waals surface area contributed by atoms with Crippen LogP contribution in [0.25, 0.3) is 0 Å². The second-order valence-corrected chi connectivity index (χ2v) is 5.60. The van der Waals surface area contributed by atoms with E-state index in [4.69, 9.17) is 9.47 Å². The molecule has 1 atom stereocenters. The SMILES string of the molecule is CCOc1ccccc1C(Br)Cc1ccc(OC)cc1. The van der Waals surface area contributed by atoms with Crippen molar-refractivity contribution in [2.24, 2.45) is 0 Å². The van der Waals surface area contributed by atoms with Crippen LogP contribution in [0.5, 0.6) is 11.5 Å². The topological polar surface area (TPSA) is 18.5 Å². The lowest BCUT2D eigenvalue weighted by atomic mass is 10.0. The molecule has 0 amide bonds. The summed E-state index contributed by atoms with van der Waals surface area (Å²) in [6.45, 7) is 2.68. The van der Waals surface area contributed by atoms with Crippen molar-refractivity contribution in [1.29, 1.82) is 0 Å². The van der Waals surface area contributed by atoms with Gasteiger partial charge >= 0.3 is 0 Å². The van der Waals surface area contributed by atoms with Crippen molar-refractivity contribution in [3.05, 3.63) is 59.7 Å². The Morgan fingerprint density at radius 3 is 2.40 bits per heavy atom. The maximum Gasteiger partial charge on any atom is 0.123 e. The van der Waals surface area contributed by atoms with Gasteiger partial charge in [0.05, 0.1) is 13.7 Å².